The Morgan fingerprint density at radius 1 is 1.38 bits per heavy atom. The molecule has 0 spiro atoms. The molecule has 3 heterocycles. The predicted molar refractivity (Wildman–Crippen MR) is 83.0 cm³/mol. The summed E-state index contributed by atoms with van der Waals surface area (Å²) >= 11 is 0. The average Bonchev–Trinajstić information content (AvgIpc) is 3.11. The molecule has 1 fully saturated rings. The van der Waals surface area contributed by atoms with E-state index in [0.717, 1.165) is 38.8 Å². The standard InChI is InChI=1S/C17H21N3O/c21-17(12-5-7-18-8-6-12)9-15-13-3-1-2-4-14(13)16-10-19-11-20(15)16/h1-2,4,10-12,17-18,21H,3,5-9H2. The third kappa shape index (κ3) is 2.19. The summed E-state index contributed by atoms with van der Waals surface area (Å²) in [7, 11) is 0. The molecule has 1 atom stereocenters. The van der Waals surface area contributed by atoms with E-state index in [2.05, 4.69) is 32.9 Å². The lowest BCUT2D eigenvalue weighted by atomic mass is 9.88. The van der Waals surface area contributed by atoms with Crippen molar-refractivity contribution in [3.05, 3.63) is 41.2 Å². The fourth-order valence-corrected chi connectivity index (χ4v) is 3.74. The molecule has 0 amide bonds. The third-order valence-electron chi connectivity index (χ3n) is 4.93. The van der Waals surface area contributed by atoms with E-state index < -0.39 is 0 Å². The van der Waals surface area contributed by atoms with E-state index in [1.54, 1.807) is 0 Å². The predicted octanol–water partition coefficient (Wildman–Crippen LogP) is 0.849. The van der Waals surface area contributed by atoms with Crippen LogP contribution in [-0.4, -0.2) is 33.7 Å². The number of hydrogen-bond donors (Lipinski definition) is 2. The second-order valence-electron chi connectivity index (χ2n) is 6.15. The number of rotatable bonds is 3. The van der Waals surface area contributed by atoms with Gasteiger partial charge in [-0.25, -0.2) is 4.98 Å². The van der Waals surface area contributed by atoms with Crippen molar-refractivity contribution in [3.63, 3.8) is 0 Å². The number of aliphatic hydroxyl groups is 1. The van der Waals surface area contributed by atoms with Gasteiger partial charge in [-0.15, -0.1) is 0 Å². The van der Waals surface area contributed by atoms with Gasteiger partial charge in [0.25, 0.3) is 0 Å². The van der Waals surface area contributed by atoms with E-state index in [-0.39, 0.29) is 6.10 Å². The number of allylic oxidation sites excluding steroid dienone is 2. The number of piperidine rings is 1. The van der Waals surface area contributed by atoms with Crippen LogP contribution in [0.3, 0.4) is 0 Å². The maximum Gasteiger partial charge on any atom is 0.0994 e. The van der Waals surface area contributed by atoms with Crippen LogP contribution < -0.4 is 10.5 Å². The zero-order valence-electron chi connectivity index (χ0n) is 12.1. The lowest BCUT2D eigenvalue weighted by Gasteiger charge is -2.27. The molecule has 1 unspecified atom stereocenters. The van der Waals surface area contributed by atoms with Gasteiger partial charge in [-0.3, -0.25) is 0 Å². The summed E-state index contributed by atoms with van der Waals surface area (Å²) in [5, 5.41) is 15.3. The van der Waals surface area contributed by atoms with Crippen molar-refractivity contribution < 1.29 is 5.11 Å². The lowest BCUT2D eigenvalue weighted by Crippen LogP contribution is -2.35. The molecular formula is C17H21N3O. The molecule has 0 aromatic carbocycles. The molecule has 110 valence electrons. The van der Waals surface area contributed by atoms with Crippen LogP contribution in [0, 0.1) is 5.92 Å². The molecule has 0 radical (unpaired) electrons. The average molecular weight is 283 g/mol. The first-order valence-corrected chi connectivity index (χ1v) is 7.85. The van der Waals surface area contributed by atoms with Crippen LogP contribution in [0.1, 0.15) is 24.1 Å². The Kier molecular flexibility index (Phi) is 3.28. The highest BCUT2D eigenvalue weighted by Crippen LogP contribution is 2.22. The molecule has 2 aromatic heterocycles. The summed E-state index contributed by atoms with van der Waals surface area (Å²) in [4.78, 5) is 4.28. The van der Waals surface area contributed by atoms with E-state index in [0.29, 0.717) is 5.92 Å². The van der Waals surface area contributed by atoms with Gasteiger partial charge in [0.05, 0.1) is 24.1 Å². The molecule has 4 nitrogen and oxygen atoms in total. The van der Waals surface area contributed by atoms with Crippen LogP contribution in [-0.2, 0) is 12.8 Å². The van der Waals surface area contributed by atoms with Gasteiger partial charge in [0.1, 0.15) is 0 Å². The van der Waals surface area contributed by atoms with Crippen molar-refractivity contribution in [2.24, 2.45) is 5.92 Å². The molecule has 1 saturated heterocycles. The van der Waals surface area contributed by atoms with E-state index in [9.17, 15) is 5.11 Å². The molecule has 1 aliphatic heterocycles. The lowest BCUT2D eigenvalue weighted by molar-refractivity contribution is 0.0879. The molecule has 2 aliphatic rings. The van der Waals surface area contributed by atoms with Gasteiger partial charge < -0.3 is 14.8 Å². The first kappa shape index (κ1) is 13.0. The fraction of sp³-hybridized carbons (Fsp3) is 0.471. The minimum atomic E-state index is -0.255. The first-order chi connectivity index (χ1) is 10.3. The largest absolute Gasteiger partial charge is 0.392 e. The van der Waals surface area contributed by atoms with Gasteiger partial charge in [-0.05, 0) is 43.8 Å². The number of aliphatic hydroxyl groups excluding tert-OH is 1. The van der Waals surface area contributed by atoms with E-state index >= 15 is 0 Å². The van der Waals surface area contributed by atoms with Crippen molar-refractivity contribution in [3.8, 4) is 0 Å². The van der Waals surface area contributed by atoms with Crippen LogP contribution in [0.4, 0.5) is 0 Å². The van der Waals surface area contributed by atoms with Crippen molar-refractivity contribution in [2.45, 2.75) is 31.8 Å². The van der Waals surface area contributed by atoms with Gasteiger partial charge in [-0.1, -0.05) is 18.2 Å². The minimum Gasteiger partial charge on any atom is -0.392 e. The van der Waals surface area contributed by atoms with Crippen LogP contribution >= 0.6 is 0 Å². The van der Waals surface area contributed by atoms with Gasteiger partial charge >= 0.3 is 0 Å². The van der Waals surface area contributed by atoms with Crippen molar-refractivity contribution in [1.29, 1.82) is 0 Å². The third-order valence-corrected chi connectivity index (χ3v) is 4.93. The van der Waals surface area contributed by atoms with Crippen molar-refractivity contribution >= 4 is 11.6 Å². The quantitative estimate of drug-likeness (QED) is 0.878. The summed E-state index contributed by atoms with van der Waals surface area (Å²) in [6, 6.07) is 0. The Hall–Kier alpha value is -1.65. The monoisotopic (exact) mass is 283 g/mol. The van der Waals surface area contributed by atoms with Gasteiger partial charge in [-0.2, -0.15) is 0 Å². The highest BCUT2D eigenvalue weighted by Gasteiger charge is 2.25. The van der Waals surface area contributed by atoms with Crippen LogP contribution in [0.5, 0.6) is 0 Å². The Morgan fingerprint density at radius 3 is 3.10 bits per heavy atom. The summed E-state index contributed by atoms with van der Waals surface area (Å²) < 4.78 is 2.17. The Morgan fingerprint density at radius 2 is 2.24 bits per heavy atom. The molecule has 1 aliphatic carbocycles. The molecule has 21 heavy (non-hydrogen) atoms. The summed E-state index contributed by atoms with van der Waals surface area (Å²) in [5.41, 5.74) is 3.77. The molecule has 2 aromatic rings. The van der Waals surface area contributed by atoms with E-state index in [1.165, 1.54) is 22.0 Å². The topological polar surface area (TPSA) is 49.6 Å². The smallest absolute Gasteiger partial charge is 0.0994 e. The molecule has 4 heteroatoms. The van der Waals surface area contributed by atoms with Crippen LogP contribution in [0.2, 0.25) is 0 Å². The molecular weight excluding hydrogens is 262 g/mol. The minimum absolute atomic E-state index is 0.255. The fourth-order valence-electron chi connectivity index (χ4n) is 3.74. The van der Waals surface area contributed by atoms with Crippen molar-refractivity contribution in [1.82, 2.24) is 14.7 Å². The zero-order valence-corrected chi connectivity index (χ0v) is 12.1. The Bertz CT molecular complexity index is 725. The second kappa shape index (κ2) is 5.28. The molecule has 2 N–H and O–H groups in total. The summed E-state index contributed by atoms with van der Waals surface area (Å²) in [5.74, 6) is 0.415. The molecule has 4 rings (SSSR count). The van der Waals surface area contributed by atoms with Crippen LogP contribution in [0.15, 0.2) is 24.7 Å². The summed E-state index contributed by atoms with van der Waals surface area (Å²) in [6.45, 7) is 2.05. The van der Waals surface area contributed by atoms with E-state index in [1.807, 2.05) is 12.5 Å². The maximum absolute atomic E-state index is 10.7. The SMILES string of the molecule is OC(Cc1c2c(c3cncn13)=CC=CC2)C1CCNCC1. The van der Waals surface area contributed by atoms with E-state index in [4.69, 9.17) is 0 Å². The normalized spacial score (nSPS) is 20.4. The first-order valence-electron chi connectivity index (χ1n) is 7.85. The number of imidazole rings is 1. The summed E-state index contributed by atoms with van der Waals surface area (Å²) in [6.07, 6.45) is 13.9. The Balaban J connectivity index is 1.69. The molecule has 0 bridgehead atoms. The highest BCUT2D eigenvalue weighted by atomic mass is 16.3. The Labute approximate surface area is 124 Å². The number of hydrogen-bond acceptors (Lipinski definition) is 3. The highest BCUT2D eigenvalue weighted by molar-refractivity contribution is 5.62. The van der Waals surface area contributed by atoms with Gasteiger partial charge in [0.2, 0.25) is 0 Å². The number of nitrogens with one attached hydrogen (secondary N) is 1. The number of nitrogens with zero attached hydrogens (tertiary/aromatic N) is 2. The number of fused-ring (bicyclic) bond motifs is 3. The zero-order chi connectivity index (χ0) is 14.2. The molecule has 0 saturated carbocycles. The van der Waals surface area contributed by atoms with Crippen molar-refractivity contribution in [2.75, 3.05) is 13.1 Å². The van der Waals surface area contributed by atoms with Gasteiger partial charge in [0, 0.05) is 17.3 Å². The second-order valence-corrected chi connectivity index (χ2v) is 6.15. The maximum atomic E-state index is 10.7. The van der Waals surface area contributed by atoms with Gasteiger partial charge in [0.15, 0.2) is 0 Å². The van der Waals surface area contributed by atoms with Crippen LogP contribution in [0.25, 0.3) is 11.6 Å². The number of aromatic nitrogens is 2.